The first kappa shape index (κ1) is 23.8. The summed E-state index contributed by atoms with van der Waals surface area (Å²) >= 11 is 1.24. The summed E-state index contributed by atoms with van der Waals surface area (Å²) in [5.41, 5.74) is 0.758. The average molecular weight is 472 g/mol. The van der Waals surface area contributed by atoms with E-state index in [-0.39, 0.29) is 29.1 Å². The topological polar surface area (TPSA) is 137 Å². The van der Waals surface area contributed by atoms with Crippen LogP contribution >= 0.6 is 11.8 Å². The number of ether oxygens (including phenoxy) is 3. The molecule has 11 heteroatoms. The van der Waals surface area contributed by atoms with Gasteiger partial charge in [0.05, 0.1) is 48.4 Å². The van der Waals surface area contributed by atoms with E-state index in [9.17, 15) is 24.0 Å². The summed E-state index contributed by atoms with van der Waals surface area (Å²) in [7, 11) is 2.36. The number of benzene rings is 2. The monoisotopic (exact) mass is 472 g/mol. The molecule has 0 radical (unpaired) electrons. The van der Waals surface area contributed by atoms with Gasteiger partial charge in [-0.1, -0.05) is 12.1 Å². The molecule has 2 aromatic rings. The third kappa shape index (κ3) is 5.89. The maximum atomic E-state index is 12.3. The predicted octanol–water partition coefficient (Wildman–Crippen LogP) is 2.24. The van der Waals surface area contributed by atoms with Crippen LogP contribution in [0.4, 0.5) is 11.4 Å². The summed E-state index contributed by atoms with van der Waals surface area (Å²) in [5, 5.41) is 4.45. The fourth-order valence-electron chi connectivity index (χ4n) is 2.95. The van der Waals surface area contributed by atoms with E-state index < -0.39 is 35.7 Å². The Kier molecular flexibility index (Phi) is 7.67. The normalized spacial score (nSPS) is 14.4. The van der Waals surface area contributed by atoms with Crippen LogP contribution < -0.4 is 10.6 Å². The van der Waals surface area contributed by atoms with Crippen LogP contribution in [0.5, 0.6) is 0 Å². The van der Waals surface area contributed by atoms with Gasteiger partial charge in [-0.2, -0.15) is 0 Å². The third-order valence-electron chi connectivity index (χ3n) is 4.54. The van der Waals surface area contributed by atoms with E-state index >= 15 is 0 Å². The molecule has 2 N–H and O–H groups in total. The summed E-state index contributed by atoms with van der Waals surface area (Å²) in [6.07, 6.45) is -0.233. The van der Waals surface area contributed by atoms with Crippen molar-refractivity contribution in [3.8, 4) is 0 Å². The van der Waals surface area contributed by atoms with Crippen LogP contribution in [0.2, 0.25) is 0 Å². The van der Waals surface area contributed by atoms with Gasteiger partial charge in [0.15, 0.2) is 6.61 Å². The van der Waals surface area contributed by atoms with Crippen molar-refractivity contribution in [1.29, 1.82) is 0 Å². The predicted molar refractivity (Wildman–Crippen MR) is 118 cm³/mol. The van der Waals surface area contributed by atoms with Crippen LogP contribution in [0.1, 0.15) is 27.1 Å². The largest absolute Gasteiger partial charge is 0.465 e. The van der Waals surface area contributed by atoms with E-state index in [4.69, 9.17) is 4.74 Å². The van der Waals surface area contributed by atoms with Crippen LogP contribution in [0.25, 0.3) is 0 Å². The number of carbonyl (C=O) groups excluding carboxylic acids is 5. The minimum absolute atomic E-state index is 0.00114. The zero-order valence-corrected chi connectivity index (χ0v) is 18.5. The average Bonchev–Trinajstić information content (AvgIpc) is 2.82. The van der Waals surface area contributed by atoms with E-state index in [2.05, 4.69) is 20.1 Å². The lowest BCUT2D eigenvalue weighted by Crippen LogP contribution is -2.32. The van der Waals surface area contributed by atoms with Crippen LogP contribution in [0.15, 0.2) is 47.4 Å². The molecule has 3 rings (SSSR count). The summed E-state index contributed by atoms with van der Waals surface area (Å²) in [6, 6.07) is 11.1. The van der Waals surface area contributed by atoms with Gasteiger partial charge in [-0.3, -0.25) is 14.4 Å². The highest BCUT2D eigenvalue weighted by molar-refractivity contribution is 8.01. The van der Waals surface area contributed by atoms with E-state index in [1.807, 2.05) is 12.1 Å². The molecule has 0 aliphatic carbocycles. The van der Waals surface area contributed by atoms with Gasteiger partial charge in [0.2, 0.25) is 5.91 Å². The molecule has 10 nitrogen and oxygen atoms in total. The number of hydrogen-bond donors (Lipinski definition) is 2. The quantitative estimate of drug-likeness (QED) is 0.459. The first-order valence-electron chi connectivity index (χ1n) is 9.65. The first-order chi connectivity index (χ1) is 15.8. The van der Waals surface area contributed by atoms with E-state index in [1.54, 1.807) is 12.1 Å². The number of para-hydroxylation sites is 1. The highest BCUT2D eigenvalue weighted by Crippen LogP contribution is 2.36. The van der Waals surface area contributed by atoms with Gasteiger partial charge in [-0.25, -0.2) is 9.59 Å². The Morgan fingerprint density at radius 2 is 1.76 bits per heavy atom. The highest BCUT2D eigenvalue weighted by atomic mass is 32.2. The van der Waals surface area contributed by atoms with E-state index in [0.717, 1.165) is 4.90 Å². The summed E-state index contributed by atoms with van der Waals surface area (Å²) in [6.45, 7) is -0.655. The van der Waals surface area contributed by atoms with Crippen molar-refractivity contribution in [1.82, 2.24) is 0 Å². The number of hydrogen-bond acceptors (Lipinski definition) is 9. The van der Waals surface area contributed by atoms with Crippen molar-refractivity contribution in [2.45, 2.75) is 16.6 Å². The summed E-state index contributed by atoms with van der Waals surface area (Å²) < 4.78 is 14.3. The molecule has 0 saturated heterocycles. The number of methoxy groups -OCH3 is 2. The molecule has 33 heavy (non-hydrogen) atoms. The van der Waals surface area contributed by atoms with Gasteiger partial charge >= 0.3 is 17.9 Å². The molecule has 172 valence electrons. The second-order valence-electron chi connectivity index (χ2n) is 6.75. The molecule has 1 heterocycles. The SMILES string of the molecule is COC(=O)c1ccc(C(=O)OC)c(NC(=O)COC(=O)C[C@H]2Sc3ccccc3NC2=O)c1. The lowest BCUT2D eigenvalue weighted by molar-refractivity contribution is -0.147. The van der Waals surface area contributed by atoms with Gasteiger partial charge in [0.25, 0.3) is 5.91 Å². The Morgan fingerprint density at radius 3 is 2.48 bits per heavy atom. The number of fused-ring (bicyclic) bond motifs is 1. The molecule has 1 aliphatic rings. The number of thioether (sulfide) groups is 1. The Bertz CT molecular complexity index is 1120. The maximum absolute atomic E-state index is 12.3. The lowest BCUT2D eigenvalue weighted by atomic mass is 10.1. The molecule has 2 aromatic carbocycles. The van der Waals surface area contributed by atoms with Crippen LogP contribution in [-0.4, -0.2) is 55.8 Å². The summed E-state index contributed by atoms with van der Waals surface area (Å²) in [4.78, 5) is 61.3. The van der Waals surface area contributed by atoms with Crippen molar-refractivity contribution in [3.63, 3.8) is 0 Å². The molecule has 0 fully saturated rings. The summed E-state index contributed by atoms with van der Waals surface area (Å²) in [5.74, 6) is -3.23. The molecule has 0 bridgehead atoms. The minimum atomic E-state index is -0.749. The highest BCUT2D eigenvalue weighted by Gasteiger charge is 2.29. The van der Waals surface area contributed by atoms with E-state index in [1.165, 1.54) is 44.2 Å². The standard InChI is InChI=1S/C22H20N2O8S/c1-30-21(28)12-7-8-13(22(29)31-2)15(9-12)23-18(25)11-32-19(26)10-17-20(27)24-14-5-3-4-6-16(14)33-17/h3-9,17H,10-11H2,1-2H3,(H,23,25)(H,24,27)/t17-/m1/s1. The molecule has 2 amide bonds. The van der Waals surface area contributed by atoms with Gasteiger partial charge < -0.3 is 24.8 Å². The molecular formula is C22H20N2O8S. The number of amides is 2. The minimum Gasteiger partial charge on any atom is -0.465 e. The second kappa shape index (κ2) is 10.6. The van der Waals surface area contributed by atoms with Gasteiger partial charge in [-0.15, -0.1) is 11.8 Å². The fourth-order valence-corrected chi connectivity index (χ4v) is 4.05. The number of rotatable bonds is 7. The van der Waals surface area contributed by atoms with Crippen molar-refractivity contribution in [3.05, 3.63) is 53.6 Å². The number of anilines is 2. The number of nitrogens with one attached hydrogen (secondary N) is 2. The van der Waals surface area contributed by atoms with Gasteiger partial charge in [-0.05, 0) is 30.3 Å². The number of esters is 3. The zero-order chi connectivity index (χ0) is 24.0. The van der Waals surface area contributed by atoms with Crippen LogP contribution in [0.3, 0.4) is 0 Å². The number of carbonyl (C=O) groups is 5. The first-order valence-corrected chi connectivity index (χ1v) is 10.5. The van der Waals surface area contributed by atoms with Crippen molar-refractivity contribution in [2.24, 2.45) is 0 Å². The molecular weight excluding hydrogens is 452 g/mol. The third-order valence-corrected chi connectivity index (χ3v) is 5.82. The lowest BCUT2D eigenvalue weighted by Gasteiger charge is -2.23. The fraction of sp³-hybridized carbons (Fsp3) is 0.227. The Balaban J connectivity index is 1.60. The Morgan fingerprint density at radius 1 is 1.03 bits per heavy atom. The van der Waals surface area contributed by atoms with Gasteiger partial charge in [0, 0.05) is 4.90 Å². The molecule has 0 saturated carbocycles. The Hall–Kier alpha value is -3.86. The molecule has 0 unspecified atom stereocenters. The molecule has 0 spiro atoms. The van der Waals surface area contributed by atoms with Crippen LogP contribution in [-0.2, 0) is 28.6 Å². The maximum Gasteiger partial charge on any atom is 0.339 e. The van der Waals surface area contributed by atoms with Crippen molar-refractivity contribution >= 4 is 52.9 Å². The molecule has 1 atom stereocenters. The van der Waals surface area contributed by atoms with Gasteiger partial charge in [0.1, 0.15) is 0 Å². The molecule has 0 aromatic heterocycles. The molecule has 1 aliphatic heterocycles. The smallest absolute Gasteiger partial charge is 0.339 e. The van der Waals surface area contributed by atoms with Crippen molar-refractivity contribution in [2.75, 3.05) is 31.5 Å². The Labute approximate surface area is 193 Å². The van der Waals surface area contributed by atoms with Crippen LogP contribution in [0, 0.1) is 0 Å². The zero-order valence-electron chi connectivity index (χ0n) is 17.7. The van der Waals surface area contributed by atoms with Crippen molar-refractivity contribution < 1.29 is 38.2 Å². The second-order valence-corrected chi connectivity index (χ2v) is 7.99. The van der Waals surface area contributed by atoms with E-state index in [0.29, 0.717) is 5.69 Å².